The lowest BCUT2D eigenvalue weighted by molar-refractivity contribution is 0.0724. The number of hydrogen-bond donors (Lipinski definition) is 0. The van der Waals surface area contributed by atoms with Crippen LogP contribution in [0.25, 0.3) is 11.1 Å². The number of fused-ring (bicyclic) bond motifs is 2. The van der Waals surface area contributed by atoms with Crippen molar-refractivity contribution in [3.63, 3.8) is 0 Å². The highest BCUT2D eigenvalue weighted by molar-refractivity contribution is 5.97. The van der Waals surface area contributed by atoms with E-state index in [2.05, 4.69) is 11.0 Å². The van der Waals surface area contributed by atoms with Crippen LogP contribution in [0.5, 0.6) is 11.5 Å². The standard InChI is InChI=1S/C22H24N2O3/c25-22-19-5-3-16(17-4-6-20-21(14-17)27-15-26-20)13-18(19)7-10-24(22)12-11-23-8-1-2-9-23/h3-6,13-14H,1-2,7-12,15H2. The van der Waals surface area contributed by atoms with Crippen LogP contribution in [0.2, 0.25) is 0 Å². The first-order valence-corrected chi connectivity index (χ1v) is 9.82. The highest BCUT2D eigenvalue weighted by Gasteiger charge is 2.25. The molecule has 2 aromatic carbocycles. The summed E-state index contributed by atoms with van der Waals surface area (Å²) in [5, 5.41) is 0. The van der Waals surface area contributed by atoms with E-state index in [0.717, 1.165) is 59.8 Å². The molecule has 0 spiro atoms. The molecule has 27 heavy (non-hydrogen) atoms. The predicted octanol–water partition coefficient (Wildman–Crippen LogP) is 3.18. The summed E-state index contributed by atoms with van der Waals surface area (Å²) in [6.45, 7) is 5.28. The fourth-order valence-electron chi connectivity index (χ4n) is 4.27. The summed E-state index contributed by atoms with van der Waals surface area (Å²) < 4.78 is 10.9. The van der Waals surface area contributed by atoms with Crippen LogP contribution < -0.4 is 9.47 Å². The van der Waals surface area contributed by atoms with Crippen LogP contribution in [0.1, 0.15) is 28.8 Å². The Bertz CT molecular complexity index is 874. The van der Waals surface area contributed by atoms with Crippen LogP contribution in [0, 0.1) is 0 Å². The minimum Gasteiger partial charge on any atom is -0.454 e. The molecule has 1 amide bonds. The van der Waals surface area contributed by atoms with Gasteiger partial charge in [0.2, 0.25) is 6.79 Å². The highest BCUT2D eigenvalue weighted by Crippen LogP contribution is 2.36. The summed E-state index contributed by atoms with van der Waals surface area (Å²) in [4.78, 5) is 17.4. The summed E-state index contributed by atoms with van der Waals surface area (Å²) in [5.74, 6) is 1.75. The Morgan fingerprint density at radius 2 is 1.63 bits per heavy atom. The van der Waals surface area contributed by atoms with Crippen LogP contribution in [-0.4, -0.2) is 55.2 Å². The molecule has 1 fully saturated rings. The minimum absolute atomic E-state index is 0.174. The molecule has 0 unspecified atom stereocenters. The lowest BCUT2D eigenvalue weighted by atomic mass is 9.94. The maximum Gasteiger partial charge on any atom is 0.254 e. The van der Waals surface area contributed by atoms with Gasteiger partial charge in [-0.1, -0.05) is 18.2 Å². The molecule has 0 atom stereocenters. The summed E-state index contributed by atoms with van der Waals surface area (Å²) in [7, 11) is 0. The number of carbonyl (C=O) groups is 1. The van der Waals surface area contributed by atoms with Crippen LogP contribution >= 0.6 is 0 Å². The summed E-state index contributed by atoms with van der Waals surface area (Å²) in [6.07, 6.45) is 3.50. The number of rotatable bonds is 4. The van der Waals surface area contributed by atoms with Crippen molar-refractivity contribution in [3.8, 4) is 22.6 Å². The van der Waals surface area contributed by atoms with Crippen LogP contribution in [0.3, 0.4) is 0 Å². The summed E-state index contributed by atoms with van der Waals surface area (Å²) in [6, 6.07) is 12.2. The molecule has 5 nitrogen and oxygen atoms in total. The topological polar surface area (TPSA) is 42.0 Å². The molecular weight excluding hydrogens is 340 g/mol. The zero-order valence-corrected chi connectivity index (χ0v) is 15.4. The van der Waals surface area contributed by atoms with Gasteiger partial charge in [0.25, 0.3) is 5.91 Å². The molecule has 3 heterocycles. The Labute approximate surface area is 159 Å². The lowest BCUT2D eigenvalue weighted by Crippen LogP contribution is -2.42. The number of ether oxygens (including phenoxy) is 2. The third-order valence-electron chi connectivity index (χ3n) is 5.86. The van der Waals surface area contributed by atoms with E-state index >= 15 is 0 Å². The molecule has 0 saturated carbocycles. The molecule has 0 aliphatic carbocycles. The van der Waals surface area contributed by atoms with E-state index in [9.17, 15) is 4.79 Å². The first-order chi connectivity index (χ1) is 13.3. The molecular formula is C22H24N2O3. The van der Waals surface area contributed by atoms with Crippen molar-refractivity contribution in [1.82, 2.24) is 9.80 Å². The molecule has 0 aromatic heterocycles. The maximum absolute atomic E-state index is 12.9. The first kappa shape index (κ1) is 16.6. The van der Waals surface area contributed by atoms with E-state index in [0.29, 0.717) is 0 Å². The molecule has 1 saturated heterocycles. The Morgan fingerprint density at radius 1 is 0.852 bits per heavy atom. The van der Waals surface area contributed by atoms with Gasteiger partial charge < -0.3 is 19.3 Å². The smallest absolute Gasteiger partial charge is 0.254 e. The normalized spacial score (nSPS) is 18.8. The van der Waals surface area contributed by atoms with Crippen molar-refractivity contribution in [2.45, 2.75) is 19.3 Å². The summed E-state index contributed by atoms with van der Waals surface area (Å²) >= 11 is 0. The van der Waals surface area contributed by atoms with Crippen molar-refractivity contribution in [3.05, 3.63) is 47.5 Å². The third kappa shape index (κ3) is 3.16. The molecule has 0 N–H and O–H groups in total. The Morgan fingerprint density at radius 3 is 2.52 bits per heavy atom. The molecule has 0 radical (unpaired) electrons. The van der Waals surface area contributed by atoms with Gasteiger partial charge in [0.1, 0.15) is 0 Å². The van der Waals surface area contributed by atoms with E-state index in [1.54, 1.807) is 0 Å². The number of nitrogens with zero attached hydrogens (tertiary/aromatic N) is 2. The number of likely N-dealkylation sites (tertiary alicyclic amines) is 1. The Balaban J connectivity index is 1.33. The van der Waals surface area contributed by atoms with Gasteiger partial charge in [-0.25, -0.2) is 0 Å². The summed E-state index contributed by atoms with van der Waals surface area (Å²) in [5.41, 5.74) is 4.20. The molecule has 3 aliphatic heterocycles. The molecule has 3 aliphatic rings. The van der Waals surface area contributed by atoms with Crippen LogP contribution in [-0.2, 0) is 6.42 Å². The fourth-order valence-corrected chi connectivity index (χ4v) is 4.27. The van der Waals surface area contributed by atoms with E-state index in [4.69, 9.17) is 9.47 Å². The fraction of sp³-hybridized carbons (Fsp3) is 0.409. The van der Waals surface area contributed by atoms with E-state index in [1.165, 1.54) is 25.9 Å². The largest absolute Gasteiger partial charge is 0.454 e. The zero-order chi connectivity index (χ0) is 18.2. The molecule has 140 valence electrons. The number of hydrogen-bond acceptors (Lipinski definition) is 4. The lowest BCUT2D eigenvalue weighted by Gasteiger charge is -2.30. The van der Waals surface area contributed by atoms with Crippen molar-refractivity contribution in [1.29, 1.82) is 0 Å². The minimum atomic E-state index is 0.174. The van der Waals surface area contributed by atoms with Crippen LogP contribution in [0.4, 0.5) is 0 Å². The third-order valence-corrected chi connectivity index (χ3v) is 5.86. The molecule has 2 aromatic rings. The Hall–Kier alpha value is -2.53. The van der Waals surface area contributed by atoms with Gasteiger partial charge in [-0.05, 0) is 67.2 Å². The second-order valence-electron chi connectivity index (χ2n) is 7.53. The van der Waals surface area contributed by atoms with Crippen molar-refractivity contribution in [2.24, 2.45) is 0 Å². The van der Waals surface area contributed by atoms with Crippen LogP contribution in [0.15, 0.2) is 36.4 Å². The van der Waals surface area contributed by atoms with E-state index in [-0.39, 0.29) is 12.7 Å². The second kappa shape index (κ2) is 6.89. The molecule has 0 bridgehead atoms. The van der Waals surface area contributed by atoms with Gasteiger partial charge in [-0.2, -0.15) is 0 Å². The molecule has 5 rings (SSSR count). The quantitative estimate of drug-likeness (QED) is 0.836. The first-order valence-electron chi connectivity index (χ1n) is 9.82. The van der Waals surface area contributed by atoms with Gasteiger partial charge in [-0.15, -0.1) is 0 Å². The van der Waals surface area contributed by atoms with E-state index < -0.39 is 0 Å². The molecule has 5 heteroatoms. The maximum atomic E-state index is 12.9. The second-order valence-corrected chi connectivity index (χ2v) is 7.53. The number of benzene rings is 2. The number of amides is 1. The average Bonchev–Trinajstić information content (AvgIpc) is 3.38. The van der Waals surface area contributed by atoms with E-state index in [1.807, 2.05) is 35.2 Å². The van der Waals surface area contributed by atoms with Gasteiger partial charge in [-0.3, -0.25) is 4.79 Å². The van der Waals surface area contributed by atoms with Crippen molar-refractivity contribution < 1.29 is 14.3 Å². The average molecular weight is 364 g/mol. The highest BCUT2D eigenvalue weighted by atomic mass is 16.7. The zero-order valence-electron chi connectivity index (χ0n) is 15.4. The Kier molecular flexibility index (Phi) is 4.24. The monoisotopic (exact) mass is 364 g/mol. The number of carbonyl (C=O) groups excluding carboxylic acids is 1. The van der Waals surface area contributed by atoms with Gasteiger partial charge in [0.15, 0.2) is 11.5 Å². The van der Waals surface area contributed by atoms with Crippen molar-refractivity contribution in [2.75, 3.05) is 39.5 Å². The predicted molar refractivity (Wildman–Crippen MR) is 103 cm³/mol. The SMILES string of the molecule is O=C1c2ccc(-c3ccc4c(c3)OCO4)cc2CCN1CCN1CCCC1. The van der Waals surface area contributed by atoms with Crippen molar-refractivity contribution >= 4 is 5.91 Å². The van der Waals surface area contributed by atoms with Gasteiger partial charge in [0, 0.05) is 25.2 Å². The van der Waals surface area contributed by atoms with Gasteiger partial charge in [0.05, 0.1) is 0 Å². The van der Waals surface area contributed by atoms with Gasteiger partial charge >= 0.3 is 0 Å².